The van der Waals surface area contributed by atoms with Crippen LogP contribution in [0.25, 0.3) is 10.9 Å². The number of hydrogen-bond acceptors (Lipinski definition) is 5. The maximum Gasteiger partial charge on any atom is 0.261 e. The minimum Gasteiger partial charge on any atom is -0.493 e. The highest BCUT2D eigenvalue weighted by Gasteiger charge is 2.23. The van der Waals surface area contributed by atoms with Gasteiger partial charge >= 0.3 is 0 Å². The van der Waals surface area contributed by atoms with E-state index in [1.54, 1.807) is 37.1 Å². The first-order chi connectivity index (χ1) is 14.5. The molecule has 0 saturated carbocycles. The van der Waals surface area contributed by atoms with Crippen LogP contribution < -0.4 is 15.0 Å². The number of nitrogens with zero attached hydrogens (tertiary/aromatic N) is 3. The van der Waals surface area contributed by atoms with Gasteiger partial charge in [0.25, 0.3) is 5.56 Å². The summed E-state index contributed by atoms with van der Waals surface area (Å²) in [6, 6.07) is 13.3. The molecule has 1 amide bonds. The average molecular weight is 407 g/mol. The first-order valence-corrected chi connectivity index (χ1v) is 10.1. The Bertz CT molecular complexity index is 1100. The van der Waals surface area contributed by atoms with Crippen LogP contribution in [0, 0.1) is 0 Å². The summed E-state index contributed by atoms with van der Waals surface area (Å²) in [6.07, 6.45) is 3.02. The van der Waals surface area contributed by atoms with Crippen LogP contribution in [0.15, 0.2) is 53.6 Å². The van der Waals surface area contributed by atoms with Crippen LogP contribution in [0.3, 0.4) is 0 Å². The highest BCUT2D eigenvalue weighted by molar-refractivity contribution is 5.81. The van der Waals surface area contributed by atoms with Crippen molar-refractivity contribution in [3.05, 3.63) is 64.7 Å². The average Bonchev–Trinajstić information content (AvgIpc) is 2.77. The lowest BCUT2D eigenvalue weighted by Gasteiger charge is -2.31. The second kappa shape index (κ2) is 8.57. The number of carbonyl (C=O) groups excluding carboxylic acids is 1. The molecular weight excluding hydrogens is 382 g/mol. The third-order valence-electron chi connectivity index (χ3n) is 5.49. The summed E-state index contributed by atoms with van der Waals surface area (Å²) < 4.78 is 13.3. The van der Waals surface area contributed by atoms with E-state index >= 15 is 0 Å². The maximum atomic E-state index is 13.1. The summed E-state index contributed by atoms with van der Waals surface area (Å²) in [5.74, 6) is 1.16. The van der Waals surface area contributed by atoms with E-state index in [1.165, 1.54) is 0 Å². The van der Waals surface area contributed by atoms with E-state index in [0.29, 0.717) is 42.0 Å². The molecule has 0 aliphatic carbocycles. The molecule has 3 aromatic rings. The molecule has 2 heterocycles. The van der Waals surface area contributed by atoms with Crippen LogP contribution in [-0.2, 0) is 11.3 Å². The lowest BCUT2D eigenvalue weighted by atomic mass is 10.1. The molecule has 7 nitrogen and oxygen atoms in total. The van der Waals surface area contributed by atoms with Gasteiger partial charge in [0.1, 0.15) is 6.10 Å². The summed E-state index contributed by atoms with van der Waals surface area (Å²) in [5.41, 5.74) is 1.48. The lowest BCUT2D eigenvalue weighted by Crippen LogP contribution is -2.40. The van der Waals surface area contributed by atoms with Gasteiger partial charge < -0.3 is 14.4 Å². The van der Waals surface area contributed by atoms with Crippen molar-refractivity contribution in [3.63, 3.8) is 0 Å². The number of aromatic nitrogens is 2. The second-order valence-corrected chi connectivity index (χ2v) is 7.51. The van der Waals surface area contributed by atoms with Crippen molar-refractivity contribution >= 4 is 16.8 Å². The molecule has 30 heavy (non-hydrogen) atoms. The molecule has 0 bridgehead atoms. The summed E-state index contributed by atoms with van der Waals surface area (Å²) in [6.45, 7) is 3.37. The van der Waals surface area contributed by atoms with E-state index in [1.807, 2.05) is 35.2 Å². The molecule has 2 aromatic carbocycles. The van der Waals surface area contributed by atoms with E-state index in [2.05, 4.69) is 4.98 Å². The third-order valence-corrected chi connectivity index (χ3v) is 5.49. The van der Waals surface area contributed by atoms with E-state index in [9.17, 15) is 9.59 Å². The van der Waals surface area contributed by atoms with Crippen LogP contribution in [0.4, 0.5) is 0 Å². The lowest BCUT2D eigenvalue weighted by molar-refractivity contribution is -0.130. The molecule has 156 valence electrons. The minimum atomic E-state index is -0.122. The molecule has 0 N–H and O–H groups in total. The molecule has 1 saturated heterocycles. The monoisotopic (exact) mass is 407 g/mol. The van der Waals surface area contributed by atoms with Crippen LogP contribution in [0.5, 0.6) is 11.5 Å². The summed E-state index contributed by atoms with van der Waals surface area (Å²) in [5, 5.41) is 0.491. The Morgan fingerprint density at radius 1 is 1.13 bits per heavy atom. The van der Waals surface area contributed by atoms with Gasteiger partial charge in [-0.3, -0.25) is 14.2 Å². The molecule has 1 aliphatic rings. The van der Waals surface area contributed by atoms with Crippen LogP contribution in [0.2, 0.25) is 0 Å². The maximum absolute atomic E-state index is 13.1. The highest BCUT2D eigenvalue weighted by Crippen LogP contribution is 2.32. The highest BCUT2D eigenvalue weighted by atomic mass is 16.5. The largest absolute Gasteiger partial charge is 0.493 e. The van der Waals surface area contributed by atoms with E-state index in [4.69, 9.17) is 9.47 Å². The number of fused-ring (bicyclic) bond motifs is 1. The van der Waals surface area contributed by atoms with Crippen molar-refractivity contribution in [3.8, 4) is 11.5 Å². The molecule has 7 heteroatoms. The van der Waals surface area contributed by atoms with Gasteiger partial charge in [0.05, 0.1) is 30.9 Å². The Morgan fingerprint density at radius 2 is 1.87 bits per heavy atom. The van der Waals surface area contributed by atoms with Crippen molar-refractivity contribution in [1.82, 2.24) is 14.5 Å². The van der Waals surface area contributed by atoms with Gasteiger partial charge in [-0.25, -0.2) is 4.98 Å². The molecule has 0 radical (unpaired) electrons. The Hall–Kier alpha value is -3.35. The van der Waals surface area contributed by atoms with E-state index in [-0.39, 0.29) is 17.6 Å². The van der Waals surface area contributed by atoms with Crippen molar-refractivity contribution in [2.75, 3.05) is 20.2 Å². The summed E-state index contributed by atoms with van der Waals surface area (Å²) in [4.78, 5) is 30.9. The Labute approximate surface area is 174 Å². The van der Waals surface area contributed by atoms with Crippen molar-refractivity contribution in [2.24, 2.45) is 0 Å². The van der Waals surface area contributed by atoms with Gasteiger partial charge in [-0.05, 0) is 11.6 Å². The van der Waals surface area contributed by atoms with Crippen LogP contribution in [0.1, 0.15) is 25.3 Å². The molecule has 1 aliphatic heterocycles. The zero-order valence-corrected chi connectivity index (χ0v) is 17.2. The van der Waals surface area contributed by atoms with Crippen molar-refractivity contribution < 1.29 is 14.3 Å². The molecule has 0 spiro atoms. The molecule has 0 unspecified atom stereocenters. The predicted molar refractivity (Wildman–Crippen MR) is 114 cm³/mol. The summed E-state index contributed by atoms with van der Waals surface area (Å²) >= 11 is 0. The number of likely N-dealkylation sites (tertiary alicyclic amines) is 1. The normalized spacial score (nSPS) is 14.7. The van der Waals surface area contributed by atoms with Gasteiger partial charge in [-0.1, -0.05) is 30.3 Å². The number of rotatable bonds is 5. The molecule has 0 atom stereocenters. The Morgan fingerprint density at radius 3 is 2.53 bits per heavy atom. The van der Waals surface area contributed by atoms with Gasteiger partial charge in [-0.2, -0.15) is 0 Å². The topological polar surface area (TPSA) is 73.7 Å². The standard InChI is InChI=1S/C23H25N3O4/c1-16(27)25-10-8-18(9-11-25)30-22-12-19-20(13-21(22)29-2)24-15-26(23(19)28)14-17-6-4-3-5-7-17/h3-7,12-13,15,18H,8-11,14H2,1-2H3. The van der Waals surface area contributed by atoms with Crippen molar-refractivity contribution in [1.29, 1.82) is 0 Å². The Kier molecular flexibility index (Phi) is 5.70. The zero-order valence-electron chi connectivity index (χ0n) is 17.2. The number of methoxy groups -OCH3 is 1. The van der Waals surface area contributed by atoms with Crippen molar-refractivity contribution in [2.45, 2.75) is 32.4 Å². The zero-order chi connectivity index (χ0) is 21.1. The van der Waals surface area contributed by atoms with Gasteiger partial charge in [0.2, 0.25) is 5.91 Å². The SMILES string of the molecule is COc1cc2ncn(Cc3ccccc3)c(=O)c2cc1OC1CCN(C(C)=O)CC1. The molecule has 1 fully saturated rings. The number of amides is 1. The molecule has 4 rings (SSSR count). The molecular formula is C23H25N3O4. The minimum absolute atomic E-state index is 0.0323. The summed E-state index contributed by atoms with van der Waals surface area (Å²) in [7, 11) is 1.57. The van der Waals surface area contributed by atoms with Gasteiger partial charge in [0.15, 0.2) is 11.5 Å². The van der Waals surface area contributed by atoms with Crippen LogP contribution >= 0.6 is 0 Å². The quantitative estimate of drug-likeness (QED) is 0.650. The molecule has 1 aromatic heterocycles. The fourth-order valence-corrected chi connectivity index (χ4v) is 3.78. The predicted octanol–water partition coefficient (Wildman–Crippen LogP) is 2.84. The number of hydrogen-bond donors (Lipinski definition) is 0. The van der Waals surface area contributed by atoms with Crippen LogP contribution in [-0.4, -0.2) is 46.7 Å². The number of piperidine rings is 1. The number of ether oxygens (including phenoxy) is 2. The number of benzene rings is 2. The van der Waals surface area contributed by atoms with E-state index < -0.39 is 0 Å². The van der Waals surface area contributed by atoms with Gasteiger partial charge in [0, 0.05) is 38.9 Å². The first-order valence-electron chi connectivity index (χ1n) is 10.1. The third kappa shape index (κ3) is 4.15. The first kappa shape index (κ1) is 19.9. The van der Waals surface area contributed by atoms with E-state index in [0.717, 1.165) is 18.4 Å². The second-order valence-electron chi connectivity index (χ2n) is 7.51. The fourth-order valence-electron chi connectivity index (χ4n) is 3.78. The Balaban J connectivity index is 1.62. The smallest absolute Gasteiger partial charge is 0.261 e. The van der Waals surface area contributed by atoms with Gasteiger partial charge in [-0.15, -0.1) is 0 Å². The number of carbonyl (C=O) groups is 1. The fraction of sp³-hybridized carbons (Fsp3) is 0.348.